The molecule has 0 heterocycles. The van der Waals surface area contributed by atoms with Crippen LogP contribution in [0.2, 0.25) is 0 Å². The van der Waals surface area contributed by atoms with E-state index in [1.54, 1.807) is 0 Å². The van der Waals surface area contributed by atoms with Crippen molar-refractivity contribution in [2.24, 2.45) is 0 Å². The van der Waals surface area contributed by atoms with Gasteiger partial charge < -0.3 is 0 Å². The predicted molar refractivity (Wildman–Crippen MR) is 41.3 cm³/mol. The summed E-state index contributed by atoms with van der Waals surface area (Å²) in [5, 5.41) is 8.59. The summed E-state index contributed by atoms with van der Waals surface area (Å²) in [4.78, 5) is 0. The maximum atomic E-state index is 8.59. The molecule has 1 aromatic rings. The van der Waals surface area contributed by atoms with E-state index in [9.17, 15) is 0 Å². The molecule has 0 unspecified atom stereocenters. The summed E-state index contributed by atoms with van der Waals surface area (Å²) >= 11 is 2.42. The van der Waals surface area contributed by atoms with E-state index in [0.717, 1.165) is 15.5 Å². The minimum atomic E-state index is 0.762. The van der Waals surface area contributed by atoms with Crippen molar-refractivity contribution in [3.8, 4) is 6.07 Å². The summed E-state index contributed by atoms with van der Waals surface area (Å²) in [6.07, 6.45) is 0. The summed E-state index contributed by atoms with van der Waals surface area (Å²) in [7, 11) is 0. The van der Waals surface area contributed by atoms with Crippen LogP contribution >= 0.6 is 0 Å². The molecule has 0 amide bonds. The van der Waals surface area contributed by atoms with Gasteiger partial charge in [-0.2, -0.15) is 0 Å². The zero-order chi connectivity index (χ0) is 7.56. The van der Waals surface area contributed by atoms with Crippen molar-refractivity contribution < 1.29 is 0 Å². The first-order chi connectivity index (χ1) is 4.74. The Labute approximate surface area is 69.2 Å². The Morgan fingerprint density at radius 2 is 2.20 bits per heavy atom. The molecule has 2 heteroatoms. The van der Waals surface area contributed by atoms with Gasteiger partial charge in [-0.3, -0.25) is 0 Å². The van der Waals surface area contributed by atoms with E-state index in [1.165, 1.54) is 0 Å². The Balaban J connectivity index is 3.25. The van der Waals surface area contributed by atoms with Gasteiger partial charge in [-0.25, -0.2) is 0 Å². The summed E-state index contributed by atoms with van der Waals surface area (Å²) in [5.41, 5.74) is 1.80. The second-order valence-electron chi connectivity index (χ2n) is 2.11. The number of hydrogen-bond acceptors (Lipinski definition) is 1. The van der Waals surface area contributed by atoms with Gasteiger partial charge in [0.25, 0.3) is 0 Å². The Bertz CT molecular complexity index is 286. The van der Waals surface area contributed by atoms with Crippen molar-refractivity contribution in [2.75, 3.05) is 0 Å². The van der Waals surface area contributed by atoms with Crippen molar-refractivity contribution >= 4 is 21.2 Å². The van der Waals surface area contributed by atoms with Crippen LogP contribution in [0.3, 0.4) is 0 Å². The zero-order valence-electron chi connectivity index (χ0n) is 5.63. The maximum absolute atomic E-state index is 8.59. The van der Waals surface area contributed by atoms with Gasteiger partial charge in [-0.1, -0.05) is 0 Å². The molecule has 0 fully saturated rings. The van der Waals surface area contributed by atoms with E-state index in [0.29, 0.717) is 0 Å². The first kappa shape index (κ1) is 7.38. The first-order valence-corrected chi connectivity index (χ1v) is 3.87. The van der Waals surface area contributed by atoms with E-state index >= 15 is 0 Å². The molecule has 0 N–H and O–H groups in total. The minimum absolute atomic E-state index is 0.762. The molecule has 0 atom stereocenters. The molecule has 0 saturated heterocycles. The third kappa shape index (κ3) is 1.40. The van der Waals surface area contributed by atoms with Crippen LogP contribution < -0.4 is 4.35 Å². The van der Waals surface area contributed by atoms with Gasteiger partial charge in [-0.15, -0.1) is 0 Å². The Morgan fingerprint density at radius 1 is 1.50 bits per heavy atom. The van der Waals surface area contributed by atoms with Crippen LogP contribution in [0, 0.1) is 18.3 Å². The molecule has 0 aromatic heterocycles. The van der Waals surface area contributed by atoms with Gasteiger partial charge >= 0.3 is 68.8 Å². The van der Waals surface area contributed by atoms with Crippen molar-refractivity contribution in [3.63, 3.8) is 0 Å². The quantitative estimate of drug-likeness (QED) is 0.552. The normalized spacial score (nSPS) is 8.90. The van der Waals surface area contributed by atoms with Crippen LogP contribution in [0.5, 0.6) is 0 Å². The fourth-order valence-electron chi connectivity index (χ4n) is 0.730. The zero-order valence-corrected chi connectivity index (χ0v) is 7.50. The standard InChI is InChI=1S/C8H6AsN/c1-6-2-3-8(9)4-7(6)5-10/h2-4H,1H3. The van der Waals surface area contributed by atoms with Gasteiger partial charge in [0.2, 0.25) is 0 Å². The second-order valence-corrected chi connectivity index (χ2v) is 3.19. The van der Waals surface area contributed by atoms with Crippen LogP contribution in [-0.2, 0) is 0 Å². The Hall–Kier alpha value is -0.732. The van der Waals surface area contributed by atoms with Crippen LogP contribution in [0.25, 0.3) is 0 Å². The van der Waals surface area contributed by atoms with Crippen LogP contribution in [-0.4, -0.2) is 16.9 Å². The molecule has 1 nitrogen and oxygen atoms in total. The van der Waals surface area contributed by atoms with Gasteiger partial charge in [0.05, 0.1) is 0 Å². The van der Waals surface area contributed by atoms with Crippen molar-refractivity contribution in [2.45, 2.75) is 6.92 Å². The molecule has 48 valence electrons. The fraction of sp³-hybridized carbons (Fsp3) is 0.125. The summed E-state index contributed by atoms with van der Waals surface area (Å²) in [6.45, 7) is 1.94. The van der Waals surface area contributed by atoms with Gasteiger partial charge in [0.15, 0.2) is 0 Å². The molecule has 2 radical (unpaired) electrons. The molecular formula is C8H6AsN. The fourth-order valence-corrected chi connectivity index (χ4v) is 1.16. The Kier molecular flexibility index (Phi) is 2.14. The van der Waals surface area contributed by atoms with Crippen molar-refractivity contribution in [1.82, 2.24) is 0 Å². The van der Waals surface area contributed by atoms with Crippen LogP contribution in [0.1, 0.15) is 11.1 Å². The molecule has 0 spiro atoms. The number of rotatable bonds is 0. The number of nitriles is 1. The average molecular weight is 191 g/mol. The molecule has 0 aliphatic heterocycles. The molecule has 0 aliphatic carbocycles. The summed E-state index contributed by atoms with van der Waals surface area (Å²) in [6, 6.07) is 7.93. The van der Waals surface area contributed by atoms with Crippen molar-refractivity contribution in [1.29, 1.82) is 5.26 Å². The molecule has 0 aliphatic rings. The molecule has 1 rings (SSSR count). The molecule has 0 saturated carbocycles. The molecule has 0 bridgehead atoms. The average Bonchev–Trinajstić information content (AvgIpc) is 1.94. The van der Waals surface area contributed by atoms with Gasteiger partial charge in [0.1, 0.15) is 0 Å². The number of nitrogens with zero attached hydrogens (tertiary/aromatic N) is 1. The van der Waals surface area contributed by atoms with E-state index < -0.39 is 0 Å². The second kappa shape index (κ2) is 2.90. The van der Waals surface area contributed by atoms with E-state index in [-0.39, 0.29) is 0 Å². The molecule has 1 aromatic carbocycles. The molecule has 10 heavy (non-hydrogen) atoms. The van der Waals surface area contributed by atoms with E-state index in [2.05, 4.69) is 22.9 Å². The van der Waals surface area contributed by atoms with Crippen molar-refractivity contribution in [3.05, 3.63) is 29.3 Å². The molecular weight excluding hydrogens is 185 g/mol. The van der Waals surface area contributed by atoms with E-state index in [4.69, 9.17) is 5.26 Å². The summed E-state index contributed by atoms with van der Waals surface area (Å²) < 4.78 is 1.08. The third-order valence-electron chi connectivity index (χ3n) is 1.34. The SMILES string of the molecule is Cc1ccc([As])cc1C#N. The van der Waals surface area contributed by atoms with Crippen LogP contribution in [0.4, 0.5) is 0 Å². The van der Waals surface area contributed by atoms with Gasteiger partial charge in [0, 0.05) is 0 Å². The Morgan fingerprint density at radius 3 is 2.70 bits per heavy atom. The number of aryl methyl sites for hydroxylation is 1. The first-order valence-electron chi connectivity index (χ1n) is 2.94. The third-order valence-corrected chi connectivity index (χ3v) is 1.93. The number of benzene rings is 1. The van der Waals surface area contributed by atoms with E-state index in [1.807, 2.05) is 25.1 Å². The van der Waals surface area contributed by atoms with Crippen LogP contribution in [0.15, 0.2) is 18.2 Å². The van der Waals surface area contributed by atoms with Gasteiger partial charge in [-0.05, 0) is 0 Å². The number of hydrogen-bond donors (Lipinski definition) is 0. The summed E-state index contributed by atoms with van der Waals surface area (Å²) in [5.74, 6) is 0. The topological polar surface area (TPSA) is 23.8 Å². The predicted octanol–water partition coefficient (Wildman–Crippen LogP) is 0.660. The monoisotopic (exact) mass is 191 g/mol.